The summed E-state index contributed by atoms with van der Waals surface area (Å²) >= 11 is 0. The van der Waals surface area contributed by atoms with Crippen LogP contribution in [0.15, 0.2) is 11.1 Å². The van der Waals surface area contributed by atoms with E-state index < -0.39 is 0 Å². The Kier molecular flexibility index (Phi) is 3.64. The molecular weight excluding hydrogens is 266 g/mol. The third-order valence-electron chi connectivity index (χ3n) is 2.59. The summed E-state index contributed by atoms with van der Waals surface area (Å²) in [5, 5.41) is 4.53. The van der Waals surface area contributed by atoms with E-state index in [0.717, 1.165) is 0 Å². The van der Waals surface area contributed by atoms with Gasteiger partial charge in [-0.2, -0.15) is 4.98 Å². The van der Waals surface area contributed by atoms with Crippen molar-refractivity contribution in [2.75, 3.05) is 12.3 Å². The monoisotopic (exact) mass is 279 g/mol. The lowest BCUT2D eigenvalue weighted by Crippen LogP contribution is -2.46. The van der Waals surface area contributed by atoms with E-state index in [2.05, 4.69) is 25.6 Å². The Morgan fingerprint density at radius 2 is 2.10 bits per heavy atom. The first kappa shape index (κ1) is 13.5. The first-order valence-corrected chi connectivity index (χ1v) is 5.72. The maximum atomic E-state index is 11.4. The standard InChI is InChI=1S/C6H7N5O.C4H6N2O2/c1-11-5(12)3-4(9-2-8-3)10-6(11)7;7-3-1-2-5-4(8)6-3/h2H,1H3,(H2,7,10)(H,8,9);1-2H2,(H2,5,6,7,8). The SMILES string of the molecule is Cn1c(N)nc2nc[nH]c2c1=O.O=C1CCNC(=O)N1. The van der Waals surface area contributed by atoms with Crippen molar-refractivity contribution >= 4 is 29.1 Å². The van der Waals surface area contributed by atoms with Crippen LogP contribution in [-0.2, 0) is 11.8 Å². The van der Waals surface area contributed by atoms with Crippen molar-refractivity contribution in [3.8, 4) is 0 Å². The zero-order valence-electron chi connectivity index (χ0n) is 10.6. The highest BCUT2D eigenvalue weighted by atomic mass is 16.2. The molecule has 0 unspecified atom stereocenters. The number of H-pyrrole nitrogens is 1. The average Bonchev–Trinajstić information content (AvgIpc) is 2.85. The quantitative estimate of drug-likeness (QED) is 0.459. The Balaban J connectivity index is 0.000000160. The first-order valence-electron chi connectivity index (χ1n) is 5.72. The molecule has 10 nitrogen and oxygen atoms in total. The summed E-state index contributed by atoms with van der Waals surface area (Å²) in [6.45, 7) is 0.463. The Labute approximate surface area is 112 Å². The Hall–Kier alpha value is -2.91. The van der Waals surface area contributed by atoms with Gasteiger partial charge in [0.15, 0.2) is 11.2 Å². The fourth-order valence-corrected chi connectivity index (χ4v) is 1.51. The molecule has 0 aliphatic carbocycles. The summed E-state index contributed by atoms with van der Waals surface area (Å²) in [5.74, 6) is -0.0339. The van der Waals surface area contributed by atoms with Crippen LogP contribution in [0.1, 0.15) is 6.42 Å². The molecule has 1 fully saturated rings. The summed E-state index contributed by atoms with van der Waals surface area (Å²) in [6, 6.07) is -0.388. The van der Waals surface area contributed by atoms with E-state index in [9.17, 15) is 14.4 Å². The Morgan fingerprint density at radius 1 is 1.35 bits per heavy atom. The molecule has 0 bridgehead atoms. The summed E-state index contributed by atoms with van der Waals surface area (Å²) in [6.07, 6.45) is 1.81. The number of nitrogens with zero attached hydrogens (tertiary/aromatic N) is 3. The van der Waals surface area contributed by atoms with Crippen molar-refractivity contribution in [2.45, 2.75) is 6.42 Å². The second kappa shape index (κ2) is 5.38. The van der Waals surface area contributed by atoms with Crippen LogP contribution >= 0.6 is 0 Å². The van der Waals surface area contributed by atoms with Gasteiger partial charge < -0.3 is 16.0 Å². The minimum Gasteiger partial charge on any atom is -0.369 e. The van der Waals surface area contributed by atoms with Crippen molar-refractivity contribution in [3.05, 3.63) is 16.7 Å². The van der Waals surface area contributed by atoms with Crippen LogP contribution in [0.2, 0.25) is 0 Å². The van der Waals surface area contributed by atoms with Crippen LogP contribution in [0.3, 0.4) is 0 Å². The van der Waals surface area contributed by atoms with Crippen molar-refractivity contribution in [1.29, 1.82) is 0 Å². The van der Waals surface area contributed by atoms with E-state index in [-0.39, 0.29) is 23.4 Å². The molecule has 10 heteroatoms. The number of rotatable bonds is 0. The van der Waals surface area contributed by atoms with Gasteiger partial charge in [0.1, 0.15) is 0 Å². The van der Waals surface area contributed by atoms with Gasteiger partial charge in [0, 0.05) is 20.0 Å². The van der Waals surface area contributed by atoms with Crippen LogP contribution in [0.25, 0.3) is 11.2 Å². The van der Waals surface area contributed by atoms with Crippen LogP contribution in [0.5, 0.6) is 0 Å². The minimum atomic E-state index is -0.388. The molecule has 106 valence electrons. The van der Waals surface area contributed by atoms with Crippen molar-refractivity contribution in [2.24, 2.45) is 7.05 Å². The van der Waals surface area contributed by atoms with Crippen LogP contribution < -0.4 is 21.9 Å². The third kappa shape index (κ3) is 2.74. The molecule has 1 aliphatic rings. The van der Waals surface area contributed by atoms with Crippen molar-refractivity contribution in [1.82, 2.24) is 30.2 Å². The second-order valence-electron chi connectivity index (χ2n) is 3.99. The number of aromatic amines is 1. The number of nitrogens with one attached hydrogen (secondary N) is 3. The molecule has 5 N–H and O–H groups in total. The fourth-order valence-electron chi connectivity index (χ4n) is 1.51. The zero-order chi connectivity index (χ0) is 14.7. The van der Waals surface area contributed by atoms with Gasteiger partial charge in [-0.15, -0.1) is 0 Å². The van der Waals surface area contributed by atoms with Gasteiger partial charge >= 0.3 is 6.03 Å². The number of hydrogen-bond donors (Lipinski definition) is 4. The van der Waals surface area contributed by atoms with Gasteiger partial charge in [-0.1, -0.05) is 0 Å². The van der Waals surface area contributed by atoms with Gasteiger partial charge in [0.05, 0.1) is 6.33 Å². The smallest absolute Gasteiger partial charge is 0.321 e. The molecule has 1 saturated heterocycles. The van der Waals surface area contributed by atoms with Crippen molar-refractivity contribution < 1.29 is 9.59 Å². The molecule has 3 rings (SSSR count). The van der Waals surface area contributed by atoms with Gasteiger partial charge in [-0.3, -0.25) is 19.5 Å². The predicted molar refractivity (Wildman–Crippen MR) is 69.7 cm³/mol. The number of aromatic nitrogens is 4. The lowest BCUT2D eigenvalue weighted by atomic mass is 10.3. The predicted octanol–water partition coefficient (Wildman–Crippen LogP) is -1.55. The summed E-state index contributed by atoms with van der Waals surface area (Å²) in [4.78, 5) is 42.3. The highest BCUT2D eigenvalue weighted by Gasteiger charge is 2.11. The molecule has 1 aliphatic heterocycles. The molecule has 0 saturated carbocycles. The van der Waals surface area contributed by atoms with Crippen LogP contribution in [0.4, 0.5) is 10.7 Å². The summed E-state index contributed by atoms with van der Waals surface area (Å²) in [7, 11) is 1.56. The first-order chi connectivity index (χ1) is 9.49. The number of nitrogens with two attached hydrogens (primary N) is 1. The highest BCUT2D eigenvalue weighted by Crippen LogP contribution is 2.01. The maximum absolute atomic E-state index is 11.4. The molecule has 3 amide bonds. The number of amides is 3. The van der Waals surface area contributed by atoms with Gasteiger partial charge in [0.2, 0.25) is 11.9 Å². The number of carbonyl (C=O) groups excluding carboxylic acids is 2. The number of hydrogen-bond acceptors (Lipinski definition) is 6. The minimum absolute atomic E-state index is 0.166. The number of nitrogen functional groups attached to an aromatic ring is 1. The molecule has 3 heterocycles. The van der Waals surface area contributed by atoms with Gasteiger partial charge in [0.25, 0.3) is 5.56 Å². The fraction of sp³-hybridized carbons (Fsp3) is 0.300. The highest BCUT2D eigenvalue weighted by molar-refractivity contribution is 5.96. The summed E-state index contributed by atoms with van der Waals surface area (Å²) in [5.41, 5.74) is 5.97. The Bertz CT molecular complexity index is 703. The lowest BCUT2D eigenvalue weighted by molar-refractivity contribution is -0.120. The number of imidazole rings is 1. The second-order valence-corrected chi connectivity index (χ2v) is 3.99. The zero-order valence-corrected chi connectivity index (χ0v) is 10.6. The third-order valence-corrected chi connectivity index (χ3v) is 2.59. The molecule has 0 spiro atoms. The van der Waals surface area contributed by atoms with E-state index in [1.54, 1.807) is 7.05 Å². The Morgan fingerprint density at radius 3 is 2.70 bits per heavy atom. The summed E-state index contributed by atoms with van der Waals surface area (Å²) < 4.78 is 1.26. The molecule has 2 aromatic heterocycles. The van der Waals surface area contributed by atoms with E-state index in [1.165, 1.54) is 10.9 Å². The normalized spacial score (nSPS) is 14.2. The van der Waals surface area contributed by atoms with E-state index in [4.69, 9.17) is 5.73 Å². The van der Waals surface area contributed by atoms with Gasteiger partial charge in [-0.05, 0) is 0 Å². The number of carbonyl (C=O) groups is 2. The van der Waals surface area contributed by atoms with Crippen molar-refractivity contribution in [3.63, 3.8) is 0 Å². The number of anilines is 1. The molecular formula is C10H13N7O3. The van der Waals surface area contributed by atoms with E-state index >= 15 is 0 Å². The number of urea groups is 1. The van der Waals surface area contributed by atoms with Crippen LogP contribution in [0, 0.1) is 0 Å². The molecule has 20 heavy (non-hydrogen) atoms. The van der Waals surface area contributed by atoms with Gasteiger partial charge in [-0.25, -0.2) is 9.78 Å². The number of fused-ring (bicyclic) bond motifs is 1. The molecule has 0 atom stereocenters. The molecule has 0 radical (unpaired) electrons. The molecule has 2 aromatic rings. The lowest BCUT2D eigenvalue weighted by Gasteiger charge is -2.10. The van der Waals surface area contributed by atoms with E-state index in [0.29, 0.717) is 24.1 Å². The maximum Gasteiger partial charge on any atom is 0.321 e. The average molecular weight is 279 g/mol. The topological polar surface area (TPSA) is 148 Å². The van der Waals surface area contributed by atoms with E-state index in [1.807, 2.05) is 0 Å². The molecule has 0 aromatic carbocycles. The largest absolute Gasteiger partial charge is 0.369 e. The van der Waals surface area contributed by atoms with Crippen LogP contribution in [-0.4, -0.2) is 38.0 Å². The number of imide groups is 1.